The molecule has 4 aliphatic rings. The number of hydrogen-bond acceptors (Lipinski definition) is 2. The third kappa shape index (κ3) is 1.42. The minimum Gasteiger partial charge on any atom is -0.393 e. The summed E-state index contributed by atoms with van der Waals surface area (Å²) in [6, 6.07) is 0. The number of fused-ring (bicyclic) bond motifs is 2. The number of aliphatic hydroxyl groups is 1. The molecular formula is C16H27NO. The van der Waals surface area contributed by atoms with Crippen LogP contribution in [0.2, 0.25) is 0 Å². The smallest absolute Gasteiger partial charge is 0.0579 e. The van der Waals surface area contributed by atoms with Crippen LogP contribution in [0.15, 0.2) is 0 Å². The van der Waals surface area contributed by atoms with Gasteiger partial charge in [-0.25, -0.2) is 0 Å². The molecule has 1 heterocycles. The van der Waals surface area contributed by atoms with Crippen LogP contribution in [0.4, 0.5) is 0 Å². The fourth-order valence-corrected chi connectivity index (χ4v) is 6.47. The summed E-state index contributed by atoms with van der Waals surface area (Å²) in [6.45, 7) is 2.55. The second-order valence-corrected chi connectivity index (χ2v) is 7.68. The first-order valence-corrected chi connectivity index (χ1v) is 8.07. The van der Waals surface area contributed by atoms with Gasteiger partial charge in [-0.3, -0.25) is 0 Å². The second-order valence-electron chi connectivity index (χ2n) is 7.68. The van der Waals surface area contributed by atoms with Gasteiger partial charge in [0.25, 0.3) is 0 Å². The van der Waals surface area contributed by atoms with E-state index in [4.69, 9.17) is 0 Å². The van der Waals surface area contributed by atoms with Gasteiger partial charge in [-0.15, -0.1) is 0 Å². The molecule has 6 atom stereocenters. The minimum atomic E-state index is 0.0338. The molecular weight excluding hydrogens is 222 g/mol. The van der Waals surface area contributed by atoms with Crippen LogP contribution in [-0.4, -0.2) is 36.2 Å². The van der Waals surface area contributed by atoms with Crippen LogP contribution in [-0.2, 0) is 0 Å². The number of hydrogen-bond donors (Lipinski definition) is 1. The molecule has 1 spiro atoms. The lowest BCUT2D eigenvalue weighted by atomic mass is 9.64. The van der Waals surface area contributed by atoms with Crippen molar-refractivity contribution in [3.63, 3.8) is 0 Å². The molecule has 0 aromatic carbocycles. The van der Waals surface area contributed by atoms with E-state index >= 15 is 0 Å². The summed E-state index contributed by atoms with van der Waals surface area (Å²) in [5.74, 6) is 3.27. The predicted octanol–water partition coefficient (Wildman–Crippen LogP) is 2.52. The van der Waals surface area contributed by atoms with Gasteiger partial charge in [-0.1, -0.05) is 12.8 Å². The molecule has 1 aliphatic heterocycles. The molecule has 0 aromatic heterocycles. The Morgan fingerprint density at radius 2 is 2.11 bits per heavy atom. The summed E-state index contributed by atoms with van der Waals surface area (Å²) < 4.78 is 0. The van der Waals surface area contributed by atoms with E-state index in [0.717, 1.165) is 24.2 Å². The van der Waals surface area contributed by atoms with Gasteiger partial charge in [-0.2, -0.15) is 0 Å². The largest absolute Gasteiger partial charge is 0.393 e. The van der Waals surface area contributed by atoms with Gasteiger partial charge in [0.05, 0.1) is 6.10 Å². The lowest BCUT2D eigenvalue weighted by Crippen LogP contribution is -2.39. The zero-order valence-electron chi connectivity index (χ0n) is 11.6. The molecule has 0 unspecified atom stereocenters. The van der Waals surface area contributed by atoms with E-state index in [-0.39, 0.29) is 6.10 Å². The zero-order chi connectivity index (χ0) is 12.3. The number of nitrogens with zero attached hydrogens (tertiary/aromatic N) is 1. The Morgan fingerprint density at radius 3 is 3.00 bits per heavy atom. The van der Waals surface area contributed by atoms with Gasteiger partial charge in [0.15, 0.2) is 0 Å². The third-order valence-electron chi connectivity index (χ3n) is 6.96. The van der Waals surface area contributed by atoms with Crippen LogP contribution in [0.5, 0.6) is 0 Å². The summed E-state index contributed by atoms with van der Waals surface area (Å²) in [5.41, 5.74) is 0.568. The van der Waals surface area contributed by atoms with E-state index in [9.17, 15) is 5.11 Å². The van der Waals surface area contributed by atoms with Crippen molar-refractivity contribution in [2.45, 2.75) is 51.0 Å². The molecule has 0 aromatic rings. The van der Waals surface area contributed by atoms with Crippen molar-refractivity contribution in [1.82, 2.24) is 4.90 Å². The highest BCUT2D eigenvalue weighted by molar-refractivity contribution is 5.12. The SMILES string of the molecule is CN1CC[C@H]2[C@@H](C1)C[C@]13CCCC[C@H]1C[C@H](O)[C@H]23. The van der Waals surface area contributed by atoms with Crippen LogP contribution in [0.1, 0.15) is 44.9 Å². The topological polar surface area (TPSA) is 23.5 Å². The molecule has 3 aliphatic carbocycles. The zero-order valence-corrected chi connectivity index (χ0v) is 11.6. The first kappa shape index (κ1) is 11.7. The molecule has 4 rings (SSSR count). The lowest BCUT2D eigenvalue weighted by Gasteiger charge is -2.40. The van der Waals surface area contributed by atoms with Crippen LogP contribution >= 0.6 is 0 Å². The fraction of sp³-hybridized carbons (Fsp3) is 1.00. The van der Waals surface area contributed by atoms with E-state index in [0.29, 0.717) is 11.3 Å². The number of aliphatic hydroxyl groups excluding tert-OH is 1. The van der Waals surface area contributed by atoms with Crippen molar-refractivity contribution in [3.8, 4) is 0 Å². The fourth-order valence-electron chi connectivity index (χ4n) is 6.47. The number of piperidine rings is 1. The molecule has 2 heteroatoms. The van der Waals surface area contributed by atoms with Gasteiger partial charge in [0, 0.05) is 6.54 Å². The van der Waals surface area contributed by atoms with Gasteiger partial charge in [0.2, 0.25) is 0 Å². The van der Waals surface area contributed by atoms with Gasteiger partial charge in [-0.05, 0) is 74.8 Å². The monoisotopic (exact) mass is 249 g/mol. The van der Waals surface area contributed by atoms with Crippen molar-refractivity contribution >= 4 is 0 Å². The molecule has 1 saturated heterocycles. The van der Waals surface area contributed by atoms with Crippen molar-refractivity contribution < 1.29 is 5.11 Å². The van der Waals surface area contributed by atoms with E-state index in [1.54, 1.807) is 0 Å². The van der Waals surface area contributed by atoms with Gasteiger partial charge in [0.1, 0.15) is 0 Å². The van der Waals surface area contributed by atoms with Crippen molar-refractivity contribution in [3.05, 3.63) is 0 Å². The van der Waals surface area contributed by atoms with Crippen molar-refractivity contribution in [2.24, 2.45) is 29.1 Å². The maximum absolute atomic E-state index is 10.6. The molecule has 102 valence electrons. The molecule has 2 nitrogen and oxygen atoms in total. The molecule has 0 amide bonds. The van der Waals surface area contributed by atoms with E-state index in [1.807, 2.05) is 0 Å². The summed E-state index contributed by atoms with van der Waals surface area (Å²) in [5, 5.41) is 10.6. The molecule has 18 heavy (non-hydrogen) atoms. The minimum absolute atomic E-state index is 0.0338. The highest BCUT2D eigenvalue weighted by Crippen LogP contribution is 2.67. The molecule has 0 bridgehead atoms. The highest BCUT2D eigenvalue weighted by atomic mass is 16.3. The predicted molar refractivity (Wildman–Crippen MR) is 72.2 cm³/mol. The Morgan fingerprint density at radius 1 is 1.22 bits per heavy atom. The first-order valence-electron chi connectivity index (χ1n) is 8.07. The Labute approximate surface area is 111 Å². The van der Waals surface area contributed by atoms with Crippen LogP contribution in [0, 0.1) is 29.1 Å². The molecule has 0 radical (unpaired) electrons. The maximum Gasteiger partial charge on any atom is 0.0579 e. The van der Waals surface area contributed by atoms with Crippen molar-refractivity contribution in [1.29, 1.82) is 0 Å². The third-order valence-corrected chi connectivity index (χ3v) is 6.96. The van der Waals surface area contributed by atoms with Crippen LogP contribution in [0.3, 0.4) is 0 Å². The molecule has 3 saturated carbocycles. The summed E-state index contributed by atoms with van der Waals surface area (Å²) >= 11 is 0. The Kier molecular flexibility index (Phi) is 2.58. The lowest BCUT2D eigenvalue weighted by molar-refractivity contribution is 0.0353. The summed E-state index contributed by atoms with van der Waals surface area (Å²) in [6.07, 6.45) is 9.62. The average Bonchev–Trinajstić information content (AvgIpc) is 2.79. The maximum atomic E-state index is 10.6. The highest BCUT2D eigenvalue weighted by Gasteiger charge is 2.63. The van der Waals surface area contributed by atoms with Gasteiger partial charge < -0.3 is 10.0 Å². The normalized spacial score (nSPS) is 56.0. The summed E-state index contributed by atoms with van der Waals surface area (Å²) in [4.78, 5) is 2.52. The molecule has 1 N–H and O–H groups in total. The Bertz CT molecular complexity index is 344. The average molecular weight is 249 g/mol. The standard InChI is InChI=1S/C16H27NO/c1-17-7-5-13-11(10-17)9-16-6-3-2-4-12(16)8-14(18)15(13)16/h11-15,18H,2-10H2,1H3/t11-,12+,13+,14+,15+,16-/m1/s1. The molecule has 4 fully saturated rings. The second kappa shape index (κ2) is 3.96. The van der Waals surface area contributed by atoms with E-state index in [1.165, 1.54) is 51.6 Å². The van der Waals surface area contributed by atoms with Gasteiger partial charge >= 0.3 is 0 Å². The quantitative estimate of drug-likeness (QED) is 0.713. The first-order chi connectivity index (χ1) is 8.71. The number of rotatable bonds is 0. The van der Waals surface area contributed by atoms with Crippen LogP contribution in [0.25, 0.3) is 0 Å². The Hall–Kier alpha value is -0.0800. The van der Waals surface area contributed by atoms with Crippen LogP contribution < -0.4 is 0 Å². The Balaban J connectivity index is 1.68. The summed E-state index contributed by atoms with van der Waals surface area (Å²) in [7, 11) is 2.27. The van der Waals surface area contributed by atoms with E-state index < -0.39 is 0 Å². The van der Waals surface area contributed by atoms with E-state index in [2.05, 4.69) is 11.9 Å². The number of likely N-dealkylation sites (tertiary alicyclic amines) is 1. The van der Waals surface area contributed by atoms with Crippen molar-refractivity contribution in [2.75, 3.05) is 20.1 Å².